The Morgan fingerprint density at radius 3 is 2.11 bits per heavy atom. The number of aliphatic hydroxyl groups is 2. The molecule has 0 heterocycles. The minimum Gasteiger partial charge on any atom is -0.395 e. The molecule has 0 aromatic carbocycles. The second-order valence-electron chi connectivity index (χ2n) is 1.69. The van der Waals surface area contributed by atoms with Crippen LogP contribution in [-0.4, -0.2) is 36.4 Å². The lowest BCUT2D eigenvalue weighted by Crippen LogP contribution is -2.21. The van der Waals surface area contributed by atoms with E-state index in [0.717, 1.165) is 6.92 Å². The van der Waals surface area contributed by atoms with Crippen molar-refractivity contribution in [3.8, 4) is 0 Å². The van der Waals surface area contributed by atoms with Crippen LogP contribution in [0.25, 0.3) is 0 Å². The zero-order valence-electron chi connectivity index (χ0n) is 5.11. The second kappa shape index (κ2) is 3.14. The molecule has 4 nitrogen and oxygen atoms in total. The van der Waals surface area contributed by atoms with Gasteiger partial charge in [0.1, 0.15) is 0 Å². The molecule has 0 radical (unpaired) electrons. The quantitative estimate of drug-likeness (QED) is 0.531. The summed E-state index contributed by atoms with van der Waals surface area (Å²) >= 11 is 0. The third-order valence-corrected chi connectivity index (χ3v) is 2.69. The Bertz CT molecular complexity index is 157. The third kappa shape index (κ3) is 2.78. The maximum absolute atomic E-state index is 10.5. The molecule has 0 fully saturated rings. The van der Waals surface area contributed by atoms with Crippen molar-refractivity contribution in [2.75, 3.05) is 12.4 Å². The summed E-state index contributed by atoms with van der Waals surface area (Å²) in [4.78, 5) is 0. The molecule has 2 N–H and O–H groups in total. The SMILES string of the molecule is CC(O)S(=O)(=O)CCO. The number of hydrogen-bond acceptors (Lipinski definition) is 4. The summed E-state index contributed by atoms with van der Waals surface area (Å²) in [6.07, 6.45) is 0. The zero-order valence-corrected chi connectivity index (χ0v) is 5.93. The van der Waals surface area contributed by atoms with Gasteiger partial charge in [-0.3, -0.25) is 0 Å². The molecule has 0 aliphatic heterocycles. The standard InChI is InChI=1S/C4H10O4S/c1-4(6)9(7,8)3-2-5/h4-6H,2-3H2,1H3. The van der Waals surface area contributed by atoms with Gasteiger partial charge in [0, 0.05) is 0 Å². The van der Waals surface area contributed by atoms with E-state index < -0.39 is 21.9 Å². The average molecular weight is 154 g/mol. The summed E-state index contributed by atoms with van der Waals surface area (Å²) < 4.78 is 21.0. The van der Waals surface area contributed by atoms with Crippen LogP contribution in [0.1, 0.15) is 6.92 Å². The van der Waals surface area contributed by atoms with Crippen LogP contribution in [0.2, 0.25) is 0 Å². The zero-order chi connectivity index (χ0) is 7.49. The van der Waals surface area contributed by atoms with Gasteiger partial charge in [-0.2, -0.15) is 0 Å². The van der Waals surface area contributed by atoms with Crippen molar-refractivity contribution >= 4 is 9.84 Å². The van der Waals surface area contributed by atoms with E-state index in [9.17, 15) is 8.42 Å². The fourth-order valence-corrected chi connectivity index (χ4v) is 0.893. The van der Waals surface area contributed by atoms with E-state index >= 15 is 0 Å². The molecule has 0 aliphatic rings. The van der Waals surface area contributed by atoms with Gasteiger partial charge < -0.3 is 10.2 Å². The van der Waals surface area contributed by atoms with Crippen LogP contribution in [0.4, 0.5) is 0 Å². The molecule has 0 saturated heterocycles. The normalized spacial score (nSPS) is 15.4. The summed E-state index contributed by atoms with van der Waals surface area (Å²) in [6.45, 7) is 0.720. The molecule has 0 aromatic rings. The lowest BCUT2D eigenvalue weighted by molar-refractivity contribution is 0.264. The Morgan fingerprint density at radius 1 is 1.56 bits per heavy atom. The molecule has 0 amide bonds. The molecule has 0 saturated carbocycles. The summed E-state index contributed by atoms with van der Waals surface area (Å²) in [5.41, 5.74) is -1.37. The maximum Gasteiger partial charge on any atom is 0.178 e. The lowest BCUT2D eigenvalue weighted by atomic mass is 10.9. The van der Waals surface area contributed by atoms with Crippen LogP contribution in [0.3, 0.4) is 0 Å². The molecule has 0 aromatic heterocycles. The highest BCUT2D eigenvalue weighted by molar-refractivity contribution is 7.91. The van der Waals surface area contributed by atoms with Crippen molar-refractivity contribution in [1.82, 2.24) is 0 Å². The first-order valence-corrected chi connectivity index (χ1v) is 4.22. The minimum atomic E-state index is -3.44. The van der Waals surface area contributed by atoms with E-state index in [1.165, 1.54) is 0 Å². The molecule has 56 valence electrons. The Kier molecular flexibility index (Phi) is 3.10. The van der Waals surface area contributed by atoms with Crippen molar-refractivity contribution < 1.29 is 18.6 Å². The van der Waals surface area contributed by atoms with Crippen molar-refractivity contribution in [3.05, 3.63) is 0 Å². The topological polar surface area (TPSA) is 74.6 Å². The number of rotatable bonds is 3. The highest BCUT2D eigenvalue weighted by atomic mass is 32.2. The summed E-state index contributed by atoms with van der Waals surface area (Å²) in [5, 5.41) is 16.7. The largest absolute Gasteiger partial charge is 0.395 e. The number of sulfone groups is 1. The highest BCUT2D eigenvalue weighted by Gasteiger charge is 2.15. The molecule has 1 unspecified atom stereocenters. The first kappa shape index (κ1) is 8.87. The van der Waals surface area contributed by atoms with Gasteiger partial charge in [0.2, 0.25) is 0 Å². The van der Waals surface area contributed by atoms with Gasteiger partial charge in [0.15, 0.2) is 15.3 Å². The monoisotopic (exact) mass is 154 g/mol. The molecular weight excluding hydrogens is 144 g/mol. The molecular formula is C4H10O4S. The van der Waals surface area contributed by atoms with E-state index in [-0.39, 0.29) is 5.75 Å². The first-order valence-electron chi connectivity index (χ1n) is 2.51. The van der Waals surface area contributed by atoms with Crippen LogP contribution in [0.5, 0.6) is 0 Å². The first-order chi connectivity index (χ1) is 4.00. The van der Waals surface area contributed by atoms with Crippen LogP contribution < -0.4 is 0 Å². The van der Waals surface area contributed by atoms with Crippen LogP contribution in [0, 0.1) is 0 Å². The molecule has 0 spiro atoms. The summed E-state index contributed by atoms with van der Waals surface area (Å²) in [6, 6.07) is 0. The molecule has 5 heteroatoms. The Balaban J connectivity index is 4.05. The summed E-state index contributed by atoms with van der Waals surface area (Å²) in [7, 11) is -3.44. The van der Waals surface area contributed by atoms with Crippen molar-refractivity contribution in [3.63, 3.8) is 0 Å². The van der Waals surface area contributed by atoms with Gasteiger partial charge in [0.05, 0.1) is 12.4 Å². The molecule has 1 atom stereocenters. The smallest absolute Gasteiger partial charge is 0.178 e. The predicted octanol–water partition coefficient (Wildman–Crippen LogP) is -1.27. The van der Waals surface area contributed by atoms with Crippen LogP contribution >= 0.6 is 0 Å². The molecule has 0 rings (SSSR count). The Labute approximate surface area is 54.0 Å². The fourth-order valence-electron chi connectivity index (χ4n) is 0.298. The Hall–Kier alpha value is -0.130. The fraction of sp³-hybridized carbons (Fsp3) is 1.00. The minimum absolute atomic E-state index is 0.370. The van der Waals surface area contributed by atoms with Gasteiger partial charge in [-0.25, -0.2) is 8.42 Å². The van der Waals surface area contributed by atoms with E-state index in [1.54, 1.807) is 0 Å². The Morgan fingerprint density at radius 2 is 2.00 bits per heavy atom. The van der Waals surface area contributed by atoms with E-state index in [1.807, 2.05) is 0 Å². The summed E-state index contributed by atoms with van der Waals surface area (Å²) in [5.74, 6) is -0.370. The third-order valence-electron chi connectivity index (χ3n) is 0.896. The van der Waals surface area contributed by atoms with Gasteiger partial charge in [-0.05, 0) is 6.92 Å². The van der Waals surface area contributed by atoms with E-state index in [0.29, 0.717) is 0 Å². The number of aliphatic hydroxyl groups excluding tert-OH is 2. The van der Waals surface area contributed by atoms with E-state index in [2.05, 4.69) is 0 Å². The van der Waals surface area contributed by atoms with E-state index in [4.69, 9.17) is 10.2 Å². The van der Waals surface area contributed by atoms with Gasteiger partial charge >= 0.3 is 0 Å². The maximum atomic E-state index is 10.5. The number of hydrogen-bond donors (Lipinski definition) is 2. The van der Waals surface area contributed by atoms with Crippen LogP contribution in [-0.2, 0) is 9.84 Å². The van der Waals surface area contributed by atoms with Crippen molar-refractivity contribution in [2.24, 2.45) is 0 Å². The van der Waals surface area contributed by atoms with Crippen molar-refractivity contribution in [1.29, 1.82) is 0 Å². The molecule has 0 bridgehead atoms. The van der Waals surface area contributed by atoms with Crippen LogP contribution in [0.15, 0.2) is 0 Å². The van der Waals surface area contributed by atoms with Gasteiger partial charge in [0.25, 0.3) is 0 Å². The predicted molar refractivity (Wildman–Crippen MR) is 32.6 cm³/mol. The lowest BCUT2D eigenvalue weighted by Gasteiger charge is -2.02. The molecule has 9 heavy (non-hydrogen) atoms. The molecule has 0 aliphatic carbocycles. The van der Waals surface area contributed by atoms with Gasteiger partial charge in [-0.1, -0.05) is 0 Å². The van der Waals surface area contributed by atoms with Crippen molar-refractivity contribution in [2.45, 2.75) is 12.4 Å². The average Bonchev–Trinajstić information content (AvgIpc) is 1.65. The second-order valence-corrected chi connectivity index (χ2v) is 4.11. The van der Waals surface area contributed by atoms with Gasteiger partial charge in [-0.15, -0.1) is 0 Å². The highest BCUT2D eigenvalue weighted by Crippen LogP contribution is 1.95.